The molecule has 0 radical (unpaired) electrons. The van der Waals surface area contributed by atoms with E-state index in [0.29, 0.717) is 22.9 Å². The molecule has 2 aromatic carbocycles. The maximum Gasteiger partial charge on any atom is 0.323 e. The molecule has 0 amide bonds. The molecule has 4 nitrogen and oxygen atoms in total. The second-order valence-electron chi connectivity index (χ2n) is 6.14. The molecule has 0 saturated carbocycles. The maximum atomic E-state index is 12.8. The zero-order valence-corrected chi connectivity index (χ0v) is 13.7. The molecule has 1 aromatic heterocycles. The van der Waals surface area contributed by atoms with Crippen molar-refractivity contribution in [3.63, 3.8) is 0 Å². The summed E-state index contributed by atoms with van der Waals surface area (Å²) in [5.41, 5.74) is 4.36. The number of hydrogen-bond acceptors (Lipinski definition) is 2. The summed E-state index contributed by atoms with van der Waals surface area (Å²) in [5.74, 6) is -0.926. The van der Waals surface area contributed by atoms with Crippen LogP contribution in [-0.4, -0.2) is 15.6 Å². The molecule has 0 unspecified atom stereocenters. The van der Waals surface area contributed by atoms with Gasteiger partial charge in [0, 0.05) is 23.6 Å². The summed E-state index contributed by atoms with van der Waals surface area (Å²) >= 11 is 0. The highest BCUT2D eigenvalue weighted by Gasteiger charge is 2.13. The molecule has 0 spiro atoms. The number of fused-ring (bicyclic) bond motifs is 1. The van der Waals surface area contributed by atoms with E-state index >= 15 is 0 Å². The summed E-state index contributed by atoms with van der Waals surface area (Å²) in [4.78, 5) is 24.0. The van der Waals surface area contributed by atoms with Gasteiger partial charge in [0.05, 0.1) is 5.52 Å². The molecular formula is C20H19NO3. The first-order valence-corrected chi connectivity index (χ1v) is 7.84. The summed E-state index contributed by atoms with van der Waals surface area (Å²) in [6.45, 7) is 3.74. The number of aromatic nitrogens is 1. The second kappa shape index (κ2) is 6.32. The molecule has 0 atom stereocenters. The normalized spacial score (nSPS) is 10.9. The van der Waals surface area contributed by atoms with Crippen molar-refractivity contribution >= 4 is 16.9 Å². The highest BCUT2D eigenvalue weighted by atomic mass is 16.4. The molecule has 1 N–H and O–H groups in total. The van der Waals surface area contributed by atoms with Gasteiger partial charge in [-0.25, -0.2) is 0 Å². The molecule has 0 aliphatic carbocycles. The van der Waals surface area contributed by atoms with Crippen LogP contribution in [0.4, 0.5) is 0 Å². The third-order valence-corrected chi connectivity index (χ3v) is 4.19. The van der Waals surface area contributed by atoms with Gasteiger partial charge in [0.1, 0.15) is 6.54 Å². The number of para-hydroxylation sites is 1. The first-order chi connectivity index (χ1) is 11.5. The fourth-order valence-corrected chi connectivity index (χ4v) is 3.03. The van der Waals surface area contributed by atoms with Crippen LogP contribution < -0.4 is 5.43 Å². The minimum atomic E-state index is -0.926. The molecule has 24 heavy (non-hydrogen) atoms. The van der Waals surface area contributed by atoms with Gasteiger partial charge in [0.2, 0.25) is 0 Å². The van der Waals surface area contributed by atoms with Crippen molar-refractivity contribution in [2.75, 3.05) is 0 Å². The average Bonchev–Trinajstić information content (AvgIpc) is 2.53. The van der Waals surface area contributed by atoms with Gasteiger partial charge in [0.15, 0.2) is 5.43 Å². The minimum absolute atomic E-state index is 0.0316. The van der Waals surface area contributed by atoms with Crippen molar-refractivity contribution in [1.29, 1.82) is 0 Å². The molecule has 0 fully saturated rings. The van der Waals surface area contributed by atoms with Gasteiger partial charge in [-0.3, -0.25) is 9.59 Å². The van der Waals surface area contributed by atoms with Gasteiger partial charge < -0.3 is 9.67 Å². The number of aliphatic carboxylic acids is 1. The van der Waals surface area contributed by atoms with Gasteiger partial charge in [-0.15, -0.1) is 0 Å². The number of hydrogen-bond donors (Lipinski definition) is 1. The predicted molar refractivity (Wildman–Crippen MR) is 94.6 cm³/mol. The van der Waals surface area contributed by atoms with Gasteiger partial charge in [-0.2, -0.15) is 0 Å². The first-order valence-electron chi connectivity index (χ1n) is 7.84. The van der Waals surface area contributed by atoms with E-state index in [9.17, 15) is 14.7 Å². The lowest BCUT2D eigenvalue weighted by Gasteiger charge is -2.14. The zero-order chi connectivity index (χ0) is 17.3. The third-order valence-electron chi connectivity index (χ3n) is 4.19. The fraction of sp³-hybridized carbons (Fsp3) is 0.200. The number of carbonyl (C=O) groups is 1. The molecular weight excluding hydrogens is 302 g/mol. The van der Waals surface area contributed by atoms with Crippen LogP contribution in [0, 0.1) is 13.8 Å². The van der Waals surface area contributed by atoms with Gasteiger partial charge in [-0.1, -0.05) is 42.0 Å². The van der Waals surface area contributed by atoms with Crippen molar-refractivity contribution in [3.05, 3.63) is 81.1 Å². The van der Waals surface area contributed by atoms with Crippen molar-refractivity contribution < 1.29 is 9.90 Å². The van der Waals surface area contributed by atoms with Crippen LogP contribution in [0.2, 0.25) is 0 Å². The summed E-state index contributed by atoms with van der Waals surface area (Å²) in [6, 6.07) is 13.5. The van der Waals surface area contributed by atoms with Gasteiger partial charge >= 0.3 is 5.97 Å². The fourth-order valence-electron chi connectivity index (χ4n) is 3.03. The number of carboxylic acids is 1. The molecule has 0 aliphatic rings. The summed E-state index contributed by atoms with van der Waals surface area (Å²) in [5, 5.41) is 9.77. The van der Waals surface area contributed by atoms with Crippen molar-refractivity contribution in [2.45, 2.75) is 26.8 Å². The summed E-state index contributed by atoms with van der Waals surface area (Å²) in [6.07, 6.45) is 2.17. The van der Waals surface area contributed by atoms with Crippen molar-refractivity contribution in [1.82, 2.24) is 4.57 Å². The SMILES string of the molecule is Cc1ccc(Cc2cn(CC(=O)O)c3c(C)cccc3c2=O)cc1. The Hall–Kier alpha value is -2.88. The molecule has 3 rings (SSSR count). The van der Waals surface area contributed by atoms with E-state index in [1.807, 2.05) is 50.2 Å². The zero-order valence-electron chi connectivity index (χ0n) is 13.7. The Labute approximate surface area is 140 Å². The number of rotatable bonds is 4. The smallest absolute Gasteiger partial charge is 0.323 e. The summed E-state index contributed by atoms with van der Waals surface area (Å²) < 4.78 is 1.66. The van der Waals surface area contributed by atoms with E-state index in [1.165, 1.54) is 0 Å². The number of aryl methyl sites for hydroxylation is 2. The maximum absolute atomic E-state index is 12.8. The Morgan fingerprint density at radius 3 is 2.46 bits per heavy atom. The Morgan fingerprint density at radius 2 is 1.79 bits per heavy atom. The van der Waals surface area contributed by atoms with Gasteiger partial charge in [0.25, 0.3) is 0 Å². The van der Waals surface area contributed by atoms with Crippen molar-refractivity contribution in [3.8, 4) is 0 Å². The Kier molecular flexibility index (Phi) is 4.21. The first kappa shape index (κ1) is 16.0. The molecule has 0 aliphatic heterocycles. The number of pyridine rings is 1. The Balaban J connectivity index is 2.18. The van der Waals surface area contributed by atoms with Crippen molar-refractivity contribution in [2.24, 2.45) is 0 Å². The van der Waals surface area contributed by atoms with E-state index in [4.69, 9.17) is 0 Å². The van der Waals surface area contributed by atoms with Crippen LogP contribution in [0.25, 0.3) is 10.9 Å². The molecule has 3 aromatic rings. The van der Waals surface area contributed by atoms with Crippen LogP contribution in [0.5, 0.6) is 0 Å². The topological polar surface area (TPSA) is 59.3 Å². The lowest BCUT2D eigenvalue weighted by Crippen LogP contribution is -2.18. The lowest BCUT2D eigenvalue weighted by atomic mass is 10.0. The van der Waals surface area contributed by atoms with E-state index in [0.717, 1.165) is 16.7 Å². The van der Waals surface area contributed by atoms with E-state index in [1.54, 1.807) is 16.8 Å². The molecule has 0 bridgehead atoms. The Bertz CT molecular complexity index is 969. The molecule has 4 heteroatoms. The molecule has 0 saturated heterocycles. The summed E-state index contributed by atoms with van der Waals surface area (Å²) in [7, 11) is 0. The molecule has 1 heterocycles. The lowest BCUT2D eigenvalue weighted by molar-refractivity contribution is -0.137. The van der Waals surface area contributed by atoms with Crippen LogP contribution in [0.3, 0.4) is 0 Å². The predicted octanol–water partition coefficient (Wildman–Crippen LogP) is 3.29. The number of carboxylic acid groups (broad SMARTS) is 1. The van der Waals surface area contributed by atoms with Gasteiger partial charge in [-0.05, 0) is 31.0 Å². The Morgan fingerprint density at radius 1 is 1.08 bits per heavy atom. The largest absolute Gasteiger partial charge is 0.480 e. The quantitative estimate of drug-likeness (QED) is 0.802. The standard InChI is InChI=1S/C20H19NO3/c1-13-6-8-15(9-7-13)10-16-11-21(12-18(22)23)19-14(2)4-3-5-17(19)20(16)24/h3-9,11H,10,12H2,1-2H3,(H,22,23). The molecule has 122 valence electrons. The number of nitrogens with zero attached hydrogens (tertiary/aromatic N) is 1. The highest BCUT2D eigenvalue weighted by Crippen LogP contribution is 2.18. The monoisotopic (exact) mass is 321 g/mol. The van der Waals surface area contributed by atoms with Crippen LogP contribution in [-0.2, 0) is 17.8 Å². The highest BCUT2D eigenvalue weighted by molar-refractivity contribution is 5.84. The van der Waals surface area contributed by atoms with Crippen LogP contribution in [0.15, 0.2) is 53.5 Å². The van der Waals surface area contributed by atoms with Crippen LogP contribution in [0.1, 0.15) is 22.3 Å². The van der Waals surface area contributed by atoms with Crippen LogP contribution >= 0.6 is 0 Å². The second-order valence-corrected chi connectivity index (χ2v) is 6.14. The van der Waals surface area contributed by atoms with E-state index < -0.39 is 5.97 Å². The van der Waals surface area contributed by atoms with E-state index in [-0.39, 0.29) is 12.0 Å². The third kappa shape index (κ3) is 3.08. The minimum Gasteiger partial charge on any atom is -0.480 e. The van der Waals surface area contributed by atoms with E-state index in [2.05, 4.69) is 0 Å². The average molecular weight is 321 g/mol. The number of benzene rings is 2.